The fourth-order valence-corrected chi connectivity index (χ4v) is 5.10. The molecule has 1 fully saturated rings. The molecule has 0 bridgehead atoms. The zero-order valence-corrected chi connectivity index (χ0v) is 18.6. The summed E-state index contributed by atoms with van der Waals surface area (Å²) in [6.45, 7) is 1.89. The van der Waals surface area contributed by atoms with Gasteiger partial charge in [0.25, 0.3) is 0 Å². The van der Waals surface area contributed by atoms with Crippen LogP contribution >= 0.6 is 0 Å². The van der Waals surface area contributed by atoms with Crippen LogP contribution in [-0.2, 0) is 14.3 Å². The van der Waals surface area contributed by atoms with E-state index in [2.05, 4.69) is 5.32 Å². The number of ether oxygens (including phenoxy) is 3. The summed E-state index contributed by atoms with van der Waals surface area (Å²) in [5.74, 6) is 0.292. The van der Waals surface area contributed by atoms with Crippen LogP contribution in [-0.4, -0.2) is 32.1 Å². The third-order valence-electron chi connectivity index (χ3n) is 6.57. The Hall–Kier alpha value is -2.76. The second-order valence-electron chi connectivity index (χ2n) is 8.51. The van der Waals surface area contributed by atoms with E-state index in [1.807, 2.05) is 25.1 Å². The Morgan fingerprint density at radius 1 is 1.03 bits per heavy atom. The van der Waals surface area contributed by atoms with Crippen molar-refractivity contribution < 1.29 is 23.8 Å². The third kappa shape index (κ3) is 4.08. The Labute approximate surface area is 183 Å². The standard InChI is InChI=1S/C25H31NO5/c1-15-21(25(28)31-16-9-5-4-6-10-16)22(23-18(26-15)12-8-13-19(23)27)17-11-7-14-20(29-2)24(17)30-3/h7,11,14,16,22,26H,4-6,8-10,12-13H2,1-3H3. The summed E-state index contributed by atoms with van der Waals surface area (Å²) in [6, 6.07) is 5.59. The van der Waals surface area contributed by atoms with Gasteiger partial charge in [-0.05, 0) is 51.5 Å². The lowest BCUT2D eigenvalue weighted by Crippen LogP contribution is -2.35. The number of nitrogens with one attached hydrogen (secondary N) is 1. The molecule has 0 aromatic heterocycles. The van der Waals surface area contributed by atoms with E-state index in [0.717, 1.165) is 55.5 Å². The Morgan fingerprint density at radius 3 is 2.52 bits per heavy atom. The minimum Gasteiger partial charge on any atom is -0.493 e. The lowest BCUT2D eigenvalue weighted by atomic mass is 9.75. The van der Waals surface area contributed by atoms with E-state index in [4.69, 9.17) is 14.2 Å². The Morgan fingerprint density at radius 2 is 1.81 bits per heavy atom. The molecule has 1 N–H and O–H groups in total. The molecule has 0 radical (unpaired) electrons. The normalized spacial score (nSPS) is 22.0. The maximum Gasteiger partial charge on any atom is 0.337 e. The molecule has 1 saturated carbocycles. The second kappa shape index (κ2) is 9.16. The van der Waals surface area contributed by atoms with Gasteiger partial charge < -0.3 is 19.5 Å². The van der Waals surface area contributed by atoms with Gasteiger partial charge in [-0.25, -0.2) is 4.79 Å². The maximum atomic E-state index is 13.5. The van der Waals surface area contributed by atoms with Crippen molar-refractivity contribution in [2.45, 2.75) is 70.3 Å². The first-order chi connectivity index (χ1) is 15.0. The molecule has 0 amide bonds. The smallest absolute Gasteiger partial charge is 0.337 e. The average molecular weight is 426 g/mol. The zero-order valence-electron chi connectivity index (χ0n) is 18.6. The number of hydrogen-bond donors (Lipinski definition) is 1. The number of esters is 1. The first kappa shape index (κ1) is 21.5. The predicted molar refractivity (Wildman–Crippen MR) is 117 cm³/mol. The maximum absolute atomic E-state index is 13.5. The van der Waals surface area contributed by atoms with Crippen molar-refractivity contribution in [3.63, 3.8) is 0 Å². The quantitative estimate of drug-likeness (QED) is 0.698. The number of dihydropyridines is 1. The van der Waals surface area contributed by atoms with Crippen molar-refractivity contribution in [3.05, 3.63) is 46.3 Å². The van der Waals surface area contributed by atoms with Crippen molar-refractivity contribution in [3.8, 4) is 11.5 Å². The highest BCUT2D eigenvalue weighted by Crippen LogP contribution is 2.47. The van der Waals surface area contributed by atoms with E-state index in [1.54, 1.807) is 14.2 Å². The van der Waals surface area contributed by atoms with Gasteiger partial charge in [0.1, 0.15) is 6.10 Å². The van der Waals surface area contributed by atoms with Crippen LogP contribution in [0.25, 0.3) is 0 Å². The summed E-state index contributed by atoms with van der Waals surface area (Å²) >= 11 is 0. The highest BCUT2D eigenvalue weighted by Gasteiger charge is 2.41. The van der Waals surface area contributed by atoms with E-state index in [-0.39, 0.29) is 17.9 Å². The topological polar surface area (TPSA) is 73.9 Å². The molecule has 31 heavy (non-hydrogen) atoms. The van der Waals surface area contributed by atoms with Crippen LogP contribution in [0.3, 0.4) is 0 Å². The molecule has 4 rings (SSSR count). The number of ketones is 1. The first-order valence-corrected chi connectivity index (χ1v) is 11.2. The van der Waals surface area contributed by atoms with Gasteiger partial charge in [0.15, 0.2) is 17.3 Å². The summed E-state index contributed by atoms with van der Waals surface area (Å²) in [6.07, 6.45) is 7.14. The van der Waals surface area contributed by atoms with Gasteiger partial charge in [-0.3, -0.25) is 4.79 Å². The molecule has 1 heterocycles. The Bertz CT molecular complexity index is 939. The van der Waals surface area contributed by atoms with Crippen LogP contribution in [0.1, 0.15) is 69.8 Å². The van der Waals surface area contributed by atoms with Crippen molar-refractivity contribution >= 4 is 11.8 Å². The number of para-hydroxylation sites is 1. The van der Waals surface area contributed by atoms with Gasteiger partial charge in [0.2, 0.25) is 0 Å². The highest BCUT2D eigenvalue weighted by molar-refractivity contribution is 6.04. The summed E-state index contributed by atoms with van der Waals surface area (Å²) in [5, 5.41) is 3.35. The number of rotatable bonds is 5. The van der Waals surface area contributed by atoms with Crippen LogP contribution in [0.2, 0.25) is 0 Å². The summed E-state index contributed by atoms with van der Waals surface area (Å²) in [5.41, 5.74) is 3.54. The molecular formula is C25H31NO5. The van der Waals surface area contributed by atoms with Crippen LogP contribution < -0.4 is 14.8 Å². The highest BCUT2D eigenvalue weighted by atomic mass is 16.5. The molecule has 1 aromatic rings. The van der Waals surface area contributed by atoms with Crippen molar-refractivity contribution in [2.24, 2.45) is 0 Å². The van der Waals surface area contributed by atoms with Gasteiger partial charge in [-0.2, -0.15) is 0 Å². The van der Waals surface area contributed by atoms with E-state index < -0.39 is 5.92 Å². The molecule has 166 valence electrons. The predicted octanol–water partition coefficient (Wildman–Crippen LogP) is 4.55. The molecule has 3 aliphatic rings. The first-order valence-electron chi connectivity index (χ1n) is 11.2. The molecule has 1 aromatic carbocycles. The molecule has 2 aliphatic carbocycles. The van der Waals surface area contributed by atoms with Crippen LogP contribution in [0.15, 0.2) is 40.7 Å². The number of Topliss-reactive ketones (excluding diaryl/α,β-unsaturated/α-hetero) is 1. The third-order valence-corrected chi connectivity index (χ3v) is 6.57. The number of benzene rings is 1. The molecule has 6 nitrogen and oxygen atoms in total. The fraction of sp³-hybridized carbons (Fsp3) is 0.520. The molecule has 6 heteroatoms. The molecule has 1 aliphatic heterocycles. The summed E-state index contributed by atoms with van der Waals surface area (Å²) in [4.78, 5) is 26.6. The summed E-state index contributed by atoms with van der Waals surface area (Å²) in [7, 11) is 3.16. The van der Waals surface area contributed by atoms with Gasteiger partial charge in [0.05, 0.1) is 25.7 Å². The van der Waals surface area contributed by atoms with Crippen LogP contribution in [0.5, 0.6) is 11.5 Å². The van der Waals surface area contributed by atoms with Crippen molar-refractivity contribution in [1.82, 2.24) is 5.32 Å². The molecule has 0 spiro atoms. The monoisotopic (exact) mass is 425 g/mol. The lowest BCUT2D eigenvalue weighted by molar-refractivity contribution is -0.146. The minimum absolute atomic E-state index is 0.0631. The number of methoxy groups -OCH3 is 2. The average Bonchev–Trinajstić information content (AvgIpc) is 2.78. The van der Waals surface area contributed by atoms with E-state index in [1.165, 1.54) is 6.42 Å². The molecule has 1 unspecified atom stereocenters. The van der Waals surface area contributed by atoms with Gasteiger partial charge in [0, 0.05) is 29.0 Å². The van der Waals surface area contributed by atoms with E-state index in [0.29, 0.717) is 29.1 Å². The summed E-state index contributed by atoms with van der Waals surface area (Å²) < 4.78 is 17.2. The fourth-order valence-electron chi connectivity index (χ4n) is 5.10. The van der Waals surface area contributed by atoms with Crippen molar-refractivity contribution in [1.29, 1.82) is 0 Å². The van der Waals surface area contributed by atoms with Crippen molar-refractivity contribution in [2.75, 3.05) is 14.2 Å². The SMILES string of the molecule is COc1cccc(C2C(C(=O)OC3CCCCC3)=C(C)NC3=C2C(=O)CCC3)c1OC. The molecule has 0 saturated heterocycles. The lowest BCUT2D eigenvalue weighted by Gasteiger charge is -2.35. The largest absolute Gasteiger partial charge is 0.493 e. The molecular weight excluding hydrogens is 394 g/mol. The number of hydrogen-bond acceptors (Lipinski definition) is 6. The molecule has 1 atom stereocenters. The zero-order chi connectivity index (χ0) is 22.0. The van der Waals surface area contributed by atoms with Gasteiger partial charge >= 0.3 is 5.97 Å². The van der Waals surface area contributed by atoms with Crippen LogP contribution in [0.4, 0.5) is 0 Å². The Kier molecular flexibility index (Phi) is 6.35. The van der Waals surface area contributed by atoms with Gasteiger partial charge in [-0.15, -0.1) is 0 Å². The van der Waals surface area contributed by atoms with E-state index in [9.17, 15) is 9.59 Å². The Balaban J connectivity index is 1.81. The minimum atomic E-state index is -0.537. The number of carbonyl (C=O) groups excluding carboxylic acids is 2. The second-order valence-corrected chi connectivity index (χ2v) is 8.51. The number of carbonyl (C=O) groups is 2. The number of allylic oxidation sites excluding steroid dienone is 3. The van der Waals surface area contributed by atoms with Gasteiger partial charge in [-0.1, -0.05) is 18.6 Å². The van der Waals surface area contributed by atoms with E-state index >= 15 is 0 Å². The van der Waals surface area contributed by atoms with Crippen LogP contribution in [0, 0.1) is 0 Å².